The molecule has 2 atom stereocenters. The molecule has 2 aliphatic heterocycles. The molecule has 2 aliphatic rings. The molecule has 6 heteroatoms. The number of hydrogen-bond donors (Lipinski definition) is 0. The van der Waals surface area contributed by atoms with Crippen LogP contribution < -0.4 is 4.90 Å². The van der Waals surface area contributed by atoms with Gasteiger partial charge in [0.05, 0.1) is 5.69 Å². The Balaban J connectivity index is 1.58. The summed E-state index contributed by atoms with van der Waals surface area (Å²) in [6.07, 6.45) is 0. The molecule has 0 aliphatic carbocycles. The molecule has 2 fully saturated rings. The monoisotopic (exact) mass is 378 g/mol. The summed E-state index contributed by atoms with van der Waals surface area (Å²) in [5.41, 5.74) is 1.30. The number of carbonyl (C=O) groups excluding carboxylic acids is 2. The van der Waals surface area contributed by atoms with Crippen LogP contribution in [-0.2, 0) is 4.79 Å². The van der Waals surface area contributed by atoms with Crippen molar-refractivity contribution in [2.24, 2.45) is 0 Å². The average Bonchev–Trinajstić information content (AvgIpc) is 3.22. The zero-order valence-electron chi connectivity index (χ0n) is 14.2. The summed E-state index contributed by atoms with van der Waals surface area (Å²) in [5, 5.41) is 1.47. The fourth-order valence-electron chi connectivity index (χ4n) is 3.83. The minimum absolute atomic E-state index is 0.220. The van der Waals surface area contributed by atoms with Gasteiger partial charge in [0.1, 0.15) is 17.2 Å². The minimum Gasteiger partial charge on any atom is -0.295 e. The second-order valence-corrected chi connectivity index (χ2v) is 7.73. The van der Waals surface area contributed by atoms with Gasteiger partial charge < -0.3 is 0 Å². The molecule has 5 rings (SSSR count). The van der Waals surface area contributed by atoms with Gasteiger partial charge in [-0.05, 0) is 29.1 Å². The highest BCUT2D eigenvalue weighted by atomic mass is 32.2. The third-order valence-corrected chi connectivity index (χ3v) is 6.38. The van der Waals surface area contributed by atoms with Crippen molar-refractivity contribution in [2.75, 3.05) is 10.7 Å². The van der Waals surface area contributed by atoms with E-state index in [9.17, 15) is 14.0 Å². The highest BCUT2D eigenvalue weighted by Gasteiger charge is 2.53. The lowest BCUT2D eigenvalue weighted by Crippen LogP contribution is -2.34. The highest BCUT2D eigenvalue weighted by molar-refractivity contribution is 7.99. The van der Waals surface area contributed by atoms with Crippen LogP contribution in [0.25, 0.3) is 10.8 Å². The van der Waals surface area contributed by atoms with Gasteiger partial charge in [-0.25, -0.2) is 14.1 Å². The fourth-order valence-corrected chi connectivity index (χ4v) is 5.24. The summed E-state index contributed by atoms with van der Waals surface area (Å²) >= 11 is 1.50. The van der Waals surface area contributed by atoms with Crippen molar-refractivity contribution in [3.63, 3.8) is 0 Å². The summed E-state index contributed by atoms with van der Waals surface area (Å²) in [6.45, 7) is 0. The van der Waals surface area contributed by atoms with Gasteiger partial charge in [-0.15, -0.1) is 11.8 Å². The van der Waals surface area contributed by atoms with E-state index >= 15 is 0 Å². The van der Waals surface area contributed by atoms with Crippen molar-refractivity contribution in [3.05, 3.63) is 78.1 Å². The number of imide groups is 1. The number of carbonyl (C=O) groups is 2. The largest absolute Gasteiger partial charge is 0.333 e. The summed E-state index contributed by atoms with van der Waals surface area (Å²) in [6, 6.07) is 18.6. The normalized spacial score (nSPS) is 22.0. The van der Waals surface area contributed by atoms with Crippen molar-refractivity contribution in [1.29, 1.82) is 0 Å². The maximum atomic E-state index is 13.7. The third-order valence-electron chi connectivity index (χ3n) is 5.06. The summed E-state index contributed by atoms with van der Waals surface area (Å²) in [5.74, 6) is -0.0595. The maximum absolute atomic E-state index is 13.7. The molecule has 0 aromatic heterocycles. The molecule has 3 aromatic rings. The van der Waals surface area contributed by atoms with Crippen molar-refractivity contribution in [2.45, 2.75) is 11.4 Å². The lowest BCUT2D eigenvalue weighted by atomic mass is 10.1. The molecule has 0 saturated carbocycles. The van der Waals surface area contributed by atoms with Gasteiger partial charge in [0, 0.05) is 11.1 Å². The molecule has 0 bridgehead atoms. The summed E-state index contributed by atoms with van der Waals surface area (Å²) in [7, 11) is 0. The first kappa shape index (κ1) is 16.3. The first-order valence-electron chi connectivity index (χ1n) is 8.66. The van der Waals surface area contributed by atoms with Crippen molar-refractivity contribution < 1.29 is 14.0 Å². The molecule has 0 unspecified atom stereocenters. The van der Waals surface area contributed by atoms with Crippen molar-refractivity contribution in [1.82, 2.24) is 4.90 Å². The number of hydrogen-bond acceptors (Lipinski definition) is 3. The van der Waals surface area contributed by atoms with Crippen molar-refractivity contribution in [3.8, 4) is 0 Å². The predicted octanol–water partition coefficient (Wildman–Crippen LogP) is 4.56. The number of benzene rings is 3. The maximum Gasteiger partial charge on any atom is 0.333 e. The SMILES string of the molecule is O=C1[C@H]2CS[C@@H](c3cccc(F)c3)N2C(=O)N1c1cccc2ccccc12. The van der Waals surface area contributed by atoms with E-state index in [1.54, 1.807) is 23.1 Å². The molecule has 0 spiro atoms. The first-order valence-corrected chi connectivity index (χ1v) is 9.71. The van der Waals surface area contributed by atoms with E-state index < -0.39 is 6.04 Å². The number of amides is 3. The minimum atomic E-state index is -0.519. The number of urea groups is 1. The molecule has 27 heavy (non-hydrogen) atoms. The number of rotatable bonds is 2. The molecular weight excluding hydrogens is 363 g/mol. The molecule has 0 radical (unpaired) electrons. The van der Waals surface area contributed by atoms with E-state index in [1.165, 1.54) is 28.8 Å². The van der Waals surface area contributed by atoms with Gasteiger partial charge >= 0.3 is 6.03 Å². The predicted molar refractivity (Wildman–Crippen MR) is 104 cm³/mol. The van der Waals surface area contributed by atoms with Crippen LogP contribution in [0.4, 0.5) is 14.9 Å². The van der Waals surface area contributed by atoms with E-state index in [1.807, 2.05) is 36.4 Å². The number of halogens is 1. The molecule has 2 heterocycles. The van der Waals surface area contributed by atoms with E-state index in [0.717, 1.165) is 10.8 Å². The van der Waals surface area contributed by atoms with Gasteiger partial charge in [-0.2, -0.15) is 0 Å². The number of nitrogens with zero attached hydrogens (tertiary/aromatic N) is 2. The second kappa shape index (κ2) is 6.09. The van der Waals surface area contributed by atoms with Gasteiger partial charge in [0.25, 0.3) is 5.91 Å². The number of anilines is 1. The standard InChI is InChI=1S/C21H15FN2O2S/c22-15-8-3-7-14(11-15)20-24-18(12-27-20)19(25)23(21(24)26)17-10-4-6-13-5-1-2-9-16(13)17/h1-11,18,20H,12H2/t18-,20+/m1/s1. The van der Waals surface area contributed by atoms with Crippen molar-refractivity contribution >= 4 is 40.2 Å². The van der Waals surface area contributed by atoms with Gasteiger partial charge in [0.15, 0.2) is 0 Å². The van der Waals surface area contributed by atoms with E-state index in [0.29, 0.717) is 17.0 Å². The Kier molecular flexibility index (Phi) is 3.68. The van der Waals surface area contributed by atoms with Crippen LogP contribution >= 0.6 is 11.8 Å². The molecule has 4 nitrogen and oxygen atoms in total. The number of fused-ring (bicyclic) bond motifs is 2. The van der Waals surface area contributed by atoms with Crippen LogP contribution in [0.3, 0.4) is 0 Å². The average molecular weight is 378 g/mol. The van der Waals surface area contributed by atoms with Gasteiger partial charge in [-0.1, -0.05) is 48.5 Å². The fraction of sp³-hybridized carbons (Fsp3) is 0.143. The molecule has 134 valence electrons. The smallest absolute Gasteiger partial charge is 0.295 e. The topological polar surface area (TPSA) is 40.6 Å². The Morgan fingerprint density at radius 1 is 0.963 bits per heavy atom. The Morgan fingerprint density at radius 3 is 2.59 bits per heavy atom. The van der Waals surface area contributed by atoms with Crippen LogP contribution in [0.2, 0.25) is 0 Å². The zero-order chi connectivity index (χ0) is 18.5. The molecule has 2 saturated heterocycles. The van der Waals surface area contributed by atoms with Gasteiger partial charge in [-0.3, -0.25) is 9.69 Å². The molecule has 0 N–H and O–H groups in total. The first-order chi connectivity index (χ1) is 13.1. The quantitative estimate of drug-likeness (QED) is 0.614. The highest BCUT2D eigenvalue weighted by Crippen LogP contribution is 2.46. The molecule has 3 amide bonds. The van der Waals surface area contributed by atoms with Crippen LogP contribution in [0.15, 0.2) is 66.7 Å². The Labute approximate surface area is 159 Å². The van der Waals surface area contributed by atoms with Gasteiger partial charge in [0.2, 0.25) is 0 Å². The van der Waals surface area contributed by atoms with Crippen LogP contribution in [0.5, 0.6) is 0 Å². The van der Waals surface area contributed by atoms with Crippen LogP contribution in [0, 0.1) is 5.82 Å². The summed E-state index contributed by atoms with van der Waals surface area (Å²) in [4.78, 5) is 29.2. The van der Waals surface area contributed by atoms with E-state index in [-0.39, 0.29) is 23.1 Å². The molecule has 3 aromatic carbocycles. The zero-order valence-corrected chi connectivity index (χ0v) is 15.0. The second-order valence-electron chi connectivity index (χ2n) is 6.62. The molecular formula is C21H15FN2O2S. The van der Waals surface area contributed by atoms with E-state index in [4.69, 9.17) is 0 Å². The lowest BCUT2D eigenvalue weighted by Gasteiger charge is -2.23. The van der Waals surface area contributed by atoms with Crippen LogP contribution in [-0.4, -0.2) is 28.6 Å². The van der Waals surface area contributed by atoms with Crippen LogP contribution in [0.1, 0.15) is 10.9 Å². The Hall–Kier alpha value is -2.86. The summed E-state index contributed by atoms with van der Waals surface area (Å²) < 4.78 is 13.7. The Bertz CT molecular complexity index is 1080. The number of thioether (sulfide) groups is 1. The Morgan fingerprint density at radius 2 is 1.74 bits per heavy atom. The third kappa shape index (κ3) is 2.44. The van der Waals surface area contributed by atoms with E-state index in [2.05, 4.69) is 0 Å². The lowest BCUT2D eigenvalue weighted by molar-refractivity contribution is -0.119.